The van der Waals surface area contributed by atoms with E-state index >= 15 is 0 Å². The second-order valence-corrected chi connectivity index (χ2v) is 8.80. The van der Waals surface area contributed by atoms with Gasteiger partial charge in [0.2, 0.25) is 5.82 Å². The monoisotopic (exact) mass is 490 g/mol. The highest BCUT2D eigenvalue weighted by molar-refractivity contribution is 5.97. The van der Waals surface area contributed by atoms with Crippen LogP contribution in [0.2, 0.25) is 0 Å². The Morgan fingerprint density at radius 3 is 2.72 bits per heavy atom. The zero-order valence-corrected chi connectivity index (χ0v) is 20.9. The van der Waals surface area contributed by atoms with Crippen molar-refractivity contribution in [3.8, 4) is 0 Å². The van der Waals surface area contributed by atoms with Gasteiger partial charge in [0.15, 0.2) is 5.56 Å². The first-order chi connectivity index (χ1) is 17.4. The summed E-state index contributed by atoms with van der Waals surface area (Å²) in [6, 6.07) is 15.7. The summed E-state index contributed by atoms with van der Waals surface area (Å²) < 4.78 is 6.43. The highest BCUT2D eigenvalue weighted by atomic mass is 16.7. The number of fused-ring (bicyclic) bond motifs is 1. The van der Waals surface area contributed by atoms with E-state index in [1.54, 1.807) is 6.92 Å². The molecule has 1 amide bonds. The van der Waals surface area contributed by atoms with Crippen LogP contribution in [-0.2, 0) is 17.6 Å². The molecule has 2 aromatic carbocycles. The molecular weight excluding hydrogens is 458 g/mol. The number of esters is 1. The SMILES string of the molecule is CCOC(=O)c1cnc(Nc2ccc3c(c2)CCN(C(C)C)C3=O)[n+](OCCc2ccccc2)c1N. The summed E-state index contributed by atoms with van der Waals surface area (Å²) in [6.45, 7) is 6.97. The van der Waals surface area contributed by atoms with Crippen molar-refractivity contribution >= 4 is 29.3 Å². The summed E-state index contributed by atoms with van der Waals surface area (Å²) in [5, 5.41) is 3.23. The van der Waals surface area contributed by atoms with Crippen molar-refractivity contribution in [1.29, 1.82) is 0 Å². The van der Waals surface area contributed by atoms with Crippen LogP contribution < -0.4 is 20.6 Å². The van der Waals surface area contributed by atoms with E-state index in [4.69, 9.17) is 15.3 Å². The van der Waals surface area contributed by atoms with Gasteiger partial charge in [0.05, 0.1) is 12.3 Å². The van der Waals surface area contributed by atoms with Crippen LogP contribution in [0.3, 0.4) is 0 Å². The lowest BCUT2D eigenvalue weighted by molar-refractivity contribution is -0.870. The molecule has 0 unspecified atom stereocenters. The zero-order valence-electron chi connectivity index (χ0n) is 20.9. The Labute approximate surface area is 210 Å². The molecule has 1 aromatic heterocycles. The molecule has 0 saturated heterocycles. The van der Waals surface area contributed by atoms with Gasteiger partial charge in [0.1, 0.15) is 12.8 Å². The first-order valence-corrected chi connectivity index (χ1v) is 12.1. The summed E-state index contributed by atoms with van der Waals surface area (Å²) in [6.07, 6.45) is 2.78. The van der Waals surface area contributed by atoms with Gasteiger partial charge in [-0.3, -0.25) is 10.1 Å². The van der Waals surface area contributed by atoms with E-state index in [0.29, 0.717) is 31.1 Å². The number of ether oxygens (including phenoxy) is 1. The molecule has 3 aromatic rings. The molecule has 0 fully saturated rings. The molecule has 9 nitrogen and oxygen atoms in total. The van der Waals surface area contributed by atoms with Crippen LogP contribution in [0.1, 0.15) is 52.6 Å². The third kappa shape index (κ3) is 5.40. The van der Waals surface area contributed by atoms with Crippen molar-refractivity contribution in [3.63, 3.8) is 0 Å². The van der Waals surface area contributed by atoms with E-state index in [2.05, 4.69) is 10.3 Å². The summed E-state index contributed by atoms with van der Waals surface area (Å²) >= 11 is 0. The third-order valence-corrected chi connectivity index (χ3v) is 6.05. The summed E-state index contributed by atoms with van der Waals surface area (Å²) in [5.74, 6) is -0.144. The number of nitrogens with two attached hydrogens (primary N) is 1. The second kappa shape index (κ2) is 11.1. The quantitative estimate of drug-likeness (QED) is 0.350. The van der Waals surface area contributed by atoms with E-state index in [-0.39, 0.29) is 29.9 Å². The fourth-order valence-corrected chi connectivity index (χ4v) is 4.15. The number of carbonyl (C=O) groups is 2. The molecular formula is C27H32N5O4+. The van der Waals surface area contributed by atoms with Crippen LogP contribution in [0.15, 0.2) is 54.7 Å². The fraction of sp³-hybridized carbons (Fsp3) is 0.333. The van der Waals surface area contributed by atoms with Gasteiger partial charge in [0.25, 0.3) is 5.91 Å². The van der Waals surface area contributed by atoms with Gasteiger partial charge in [-0.15, -0.1) is 4.98 Å². The van der Waals surface area contributed by atoms with Crippen LogP contribution in [0, 0.1) is 0 Å². The number of nitrogen functional groups attached to an aromatic ring is 1. The Hall–Kier alpha value is -4.14. The Morgan fingerprint density at radius 1 is 1.22 bits per heavy atom. The number of aromatic nitrogens is 2. The first kappa shape index (κ1) is 25.0. The number of carbonyl (C=O) groups excluding carboxylic acids is 2. The summed E-state index contributed by atoms with van der Waals surface area (Å²) in [7, 11) is 0. The van der Waals surface area contributed by atoms with E-state index in [0.717, 1.165) is 23.2 Å². The number of anilines is 3. The van der Waals surface area contributed by atoms with E-state index in [1.165, 1.54) is 10.9 Å². The summed E-state index contributed by atoms with van der Waals surface area (Å²) in [5.41, 5.74) is 9.96. The average molecular weight is 491 g/mol. The van der Waals surface area contributed by atoms with Gasteiger partial charge >= 0.3 is 11.9 Å². The normalized spacial score (nSPS) is 12.9. The van der Waals surface area contributed by atoms with Gasteiger partial charge in [-0.1, -0.05) is 30.3 Å². The van der Waals surface area contributed by atoms with Crippen molar-refractivity contribution in [2.24, 2.45) is 0 Å². The van der Waals surface area contributed by atoms with Crippen LogP contribution in [0.4, 0.5) is 17.5 Å². The molecule has 2 heterocycles. The third-order valence-electron chi connectivity index (χ3n) is 6.05. The molecule has 0 spiro atoms. The van der Waals surface area contributed by atoms with E-state index < -0.39 is 5.97 Å². The lowest BCUT2D eigenvalue weighted by atomic mass is 9.97. The number of nitrogens with one attached hydrogen (secondary N) is 1. The summed E-state index contributed by atoms with van der Waals surface area (Å²) in [4.78, 5) is 37.5. The molecule has 0 aliphatic carbocycles. The van der Waals surface area contributed by atoms with Crippen molar-refractivity contribution in [2.75, 3.05) is 30.8 Å². The molecule has 1 aliphatic rings. The molecule has 4 rings (SSSR count). The minimum absolute atomic E-state index is 0.0401. The smallest absolute Gasteiger partial charge is 0.388 e. The van der Waals surface area contributed by atoms with Crippen molar-refractivity contribution in [3.05, 3.63) is 77.0 Å². The minimum Gasteiger partial charge on any atom is -0.462 e. The van der Waals surface area contributed by atoms with Gasteiger partial charge in [-0.25, -0.2) is 4.79 Å². The first-order valence-electron chi connectivity index (χ1n) is 12.1. The molecule has 0 bridgehead atoms. The highest BCUT2D eigenvalue weighted by Crippen LogP contribution is 2.25. The molecule has 9 heteroatoms. The van der Waals surface area contributed by atoms with E-state index in [9.17, 15) is 9.59 Å². The maximum atomic E-state index is 12.8. The van der Waals surface area contributed by atoms with Crippen molar-refractivity contribution in [2.45, 2.75) is 39.7 Å². The maximum Gasteiger partial charge on any atom is 0.388 e. The zero-order chi connectivity index (χ0) is 25.7. The van der Waals surface area contributed by atoms with Gasteiger partial charge in [-0.05, 0) is 61.2 Å². The number of rotatable bonds is 9. The highest BCUT2D eigenvalue weighted by Gasteiger charge is 2.28. The second-order valence-electron chi connectivity index (χ2n) is 8.80. The molecule has 1 aliphatic heterocycles. The predicted molar refractivity (Wildman–Crippen MR) is 136 cm³/mol. The number of amides is 1. The largest absolute Gasteiger partial charge is 0.462 e. The van der Waals surface area contributed by atoms with Gasteiger partial charge in [0, 0.05) is 24.6 Å². The van der Waals surface area contributed by atoms with E-state index in [1.807, 2.05) is 67.3 Å². The lowest BCUT2D eigenvalue weighted by Crippen LogP contribution is -2.49. The maximum absolute atomic E-state index is 12.8. The Kier molecular flexibility index (Phi) is 7.68. The molecule has 0 radical (unpaired) electrons. The Bertz CT molecular complexity index is 1250. The van der Waals surface area contributed by atoms with Gasteiger partial charge < -0.3 is 20.2 Å². The topological polar surface area (TPSA) is 111 Å². The van der Waals surface area contributed by atoms with Gasteiger partial charge in [-0.2, -0.15) is 0 Å². The van der Waals surface area contributed by atoms with Crippen molar-refractivity contribution in [1.82, 2.24) is 9.88 Å². The number of hydrogen-bond donors (Lipinski definition) is 2. The van der Waals surface area contributed by atoms with Crippen LogP contribution in [0.5, 0.6) is 0 Å². The number of benzene rings is 2. The molecule has 3 N–H and O–H groups in total. The Morgan fingerprint density at radius 2 is 2.00 bits per heavy atom. The minimum atomic E-state index is -0.573. The van der Waals surface area contributed by atoms with Crippen LogP contribution in [0.25, 0.3) is 0 Å². The average Bonchev–Trinajstić information content (AvgIpc) is 2.86. The fourth-order valence-electron chi connectivity index (χ4n) is 4.15. The number of hydrogen-bond acceptors (Lipinski definition) is 7. The number of nitrogens with zero attached hydrogens (tertiary/aromatic N) is 3. The standard InChI is InChI=1S/C27H31N5O4/c1-4-35-26(34)23-17-29-27(32(24(23)28)36-15-13-19-8-6-5-7-9-19)30-21-10-11-22-20(16-21)12-14-31(18(2)3)25(22)33/h5-11,16-18H,4,12-15H2,1-3H3,(H2,28,29,30,33,34)/p+1. The molecule has 0 saturated carbocycles. The predicted octanol–water partition coefficient (Wildman–Crippen LogP) is 2.95. The molecule has 0 atom stereocenters. The Balaban J connectivity index is 1.60. The molecule has 188 valence electrons. The van der Waals surface area contributed by atoms with Crippen molar-refractivity contribution < 1.29 is 23.9 Å². The lowest BCUT2D eigenvalue weighted by Gasteiger charge is -2.31. The van der Waals surface area contributed by atoms with Crippen LogP contribution in [-0.4, -0.2) is 47.6 Å². The van der Waals surface area contributed by atoms with Crippen LogP contribution >= 0.6 is 0 Å². The molecule has 36 heavy (non-hydrogen) atoms.